The van der Waals surface area contributed by atoms with Gasteiger partial charge in [0, 0.05) is 19.3 Å². The fourth-order valence-electron chi connectivity index (χ4n) is 1.72. The lowest BCUT2D eigenvalue weighted by molar-refractivity contribution is 0.897. The van der Waals surface area contributed by atoms with Gasteiger partial charge < -0.3 is 10.6 Å². The molecule has 5 heteroatoms. The lowest BCUT2D eigenvalue weighted by atomic mass is 10.2. The Morgan fingerprint density at radius 1 is 1.37 bits per heavy atom. The number of nitrogen functional groups attached to an aromatic ring is 1. The van der Waals surface area contributed by atoms with Crippen LogP contribution in [0.4, 0.5) is 11.6 Å². The van der Waals surface area contributed by atoms with Gasteiger partial charge in [0.2, 0.25) is 5.95 Å². The first kappa shape index (κ1) is 13.1. The number of imidazole rings is 1. The lowest BCUT2D eigenvalue weighted by Gasteiger charge is -2.16. The van der Waals surface area contributed by atoms with E-state index in [2.05, 4.69) is 41.1 Å². The van der Waals surface area contributed by atoms with Gasteiger partial charge in [0.15, 0.2) is 0 Å². The summed E-state index contributed by atoms with van der Waals surface area (Å²) in [4.78, 5) is 6.27. The Balaban J connectivity index is 2.13. The minimum Gasteiger partial charge on any atom is -0.375 e. The molecule has 0 atom stereocenters. The summed E-state index contributed by atoms with van der Waals surface area (Å²) in [5.41, 5.74) is 8.79. The second-order valence-electron chi connectivity index (χ2n) is 4.44. The van der Waals surface area contributed by atoms with Gasteiger partial charge in [-0.15, -0.1) is 0 Å². The number of hydrogen-bond acceptors (Lipinski definition) is 4. The molecule has 0 saturated heterocycles. The highest BCUT2D eigenvalue weighted by Crippen LogP contribution is 2.12. The summed E-state index contributed by atoms with van der Waals surface area (Å²) in [6.07, 6.45) is 3.57. The SMILES string of the molecule is CCN(C)c1ccc(C=Nn2cc(C)nc2N)cc1. The standard InChI is InChI=1S/C14H19N5/c1-4-18(3)13-7-5-12(6-8-13)9-16-19-10-11(2)17-14(19)15/h5-10H,4H2,1-3H3,(H2,15,17). The zero-order valence-corrected chi connectivity index (χ0v) is 11.5. The number of aromatic nitrogens is 2. The van der Waals surface area contributed by atoms with Crippen LogP contribution in [-0.2, 0) is 0 Å². The second-order valence-corrected chi connectivity index (χ2v) is 4.44. The third-order valence-electron chi connectivity index (χ3n) is 2.97. The molecule has 0 radical (unpaired) electrons. The van der Waals surface area contributed by atoms with Crippen LogP contribution in [0.15, 0.2) is 35.6 Å². The summed E-state index contributed by atoms with van der Waals surface area (Å²) in [5, 5.41) is 4.28. The molecule has 0 bridgehead atoms. The average Bonchev–Trinajstić information content (AvgIpc) is 2.74. The summed E-state index contributed by atoms with van der Waals surface area (Å²) in [6, 6.07) is 8.22. The number of rotatable bonds is 4. The highest BCUT2D eigenvalue weighted by Gasteiger charge is 1.99. The van der Waals surface area contributed by atoms with Gasteiger partial charge in [-0.25, -0.2) is 9.66 Å². The van der Waals surface area contributed by atoms with Crippen LogP contribution in [0.2, 0.25) is 0 Å². The molecular weight excluding hydrogens is 238 g/mol. The van der Waals surface area contributed by atoms with Gasteiger partial charge in [0.25, 0.3) is 0 Å². The Hall–Kier alpha value is -2.30. The number of hydrogen-bond donors (Lipinski definition) is 1. The lowest BCUT2D eigenvalue weighted by Crippen LogP contribution is -2.15. The Bertz CT molecular complexity index is 568. The third kappa shape index (κ3) is 3.13. The van der Waals surface area contributed by atoms with E-state index in [1.165, 1.54) is 5.69 Å². The molecule has 2 N–H and O–H groups in total. The van der Waals surface area contributed by atoms with Crippen molar-refractivity contribution < 1.29 is 0 Å². The minimum atomic E-state index is 0.399. The largest absolute Gasteiger partial charge is 0.375 e. The van der Waals surface area contributed by atoms with Crippen LogP contribution >= 0.6 is 0 Å². The highest BCUT2D eigenvalue weighted by atomic mass is 15.4. The van der Waals surface area contributed by atoms with Crippen molar-refractivity contribution in [1.29, 1.82) is 0 Å². The zero-order valence-electron chi connectivity index (χ0n) is 11.5. The molecule has 5 nitrogen and oxygen atoms in total. The molecule has 1 aromatic heterocycles. The van der Waals surface area contributed by atoms with Crippen molar-refractivity contribution in [1.82, 2.24) is 9.66 Å². The molecule has 0 aliphatic carbocycles. The highest BCUT2D eigenvalue weighted by molar-refractivity contribution is 5.80. The van der Waals surface area contributed by atoms with Gasteiger partial charge in [-0.2, -0.15) is 5.10 Å². The van der Waals surface area contributed by atoms with E-state index in [0.717, 1.165) is 17.8 Å². The van der Waals surface area contributed by atoms with E-state index >= 15 is 0 Å². The van der Waals surface area contributed by atoms with Crippen molar-refractivity contribution in [3.8, 4) is 0 Å². The van der Waals surface area contributed by atoms with Gasteiger partial charge in [-0.1, -0.05) is 12.1 Å². The Morgan fingerprint density at radius 2 is 2.05 bits per heavy atom. The van der Waals surface area contributed by atoms with E-state index in [4.69, 9.17) is 5.73 Å². The van der Waals surface area contributed by atoms with E-state index in [1.807, 2.05) is 19.1 Å². The molecule has 0 aliphatic heterocycles. The minimum absolute atomic E-state index is 0.399. The fraction of sp³-hybridized carbons (Fsp3) is 0.286. The van der Waals surface area contributed by atoms with Crippen molar-refractivity contribution in [2.24, 2.45) is 5.10 Å². The van der Waals surface area contributed by atoms with Crippen LogP contribution in [0.1, 0.15) is 18.2 Å². The summed E-state index contributed by atoms with van der Waals surface area (Å²) < 4.78 is 1.57. The van der Waals surface area contributed by atoms with Gasteiger partial charge >= 0.3 is 0 Å². The van der Waals surface area contributed by atoms with Crippen LogP contribution in [0.3, 0.4) is 0 Å². The maximum absolute atomic E-state index is 5.72. The first-order valence-corrected chi connectivity index (χ1v) is 6.27. The molecule has 100 valence electrons. The van der Waals surface area contributed by atoms with Crippen molar-refractivity contribution in [3.05, 3.63) is 41.7 Å². The summed E-state index contributed by atoms with van der Waals surface area (Å²) >= 11 is 0. The summed E-state index contributed by atoms with van der Waals surface area (Å²) in [7, 11) is 2.07. The van der Waals surface area contributed by atoms with Crippen LogP contribution in [0.25, 0.3) is 0 Å². The predicted molar refractivity (Wildman–Crippen MR) is 79.8 cm³/mol. The van der Waals surface area contributed by atoms with E-state index < -0.39 is 0 Å². The number of aryl methyl sites for hydroxylation is 1. The summed E-state index contributed by atoms with van der Waals surface area (Å²) in [6.45, 7) is 5.00. The van der Waals surface area contributed by atoms with Crippen molar-refractivity contribution >= 4 is 17.9 Å². The van der Waals surface area contributed by atoms with E-state index in [9.17, 15) is 0 Å². The third-order valence-corrected chi connectivity index (χ3v) is 2.97. The topological polar surface area (TPSA) is 59.4 Å². The van der Waals surface area contributed by atoms with Gasteiger partial charge in [0.05, 0.1) is 18.1 Å². The Labute approximate surface area is 113 Å². The smallest absolute Gasteiger partial charge is 0.221 e. The molecule has 0 saturated carbocycles. The average molecular weight is 257 g/mol. The molecule has 0 aliphatic rings. The van der Waals surface area contributed by atoms with Crippen LogP contribution in [0.5, 0.6) is 0 Å². The molecule has 2 rings (SSSR count). The number of benzene rings is 1. The molecule has 0 amide bonds. The maximum Gasteiger partial charge on any atom is 0.221 e. The van der Waals surface area contributed by atoms with E-state index in [0.29, 0.717) is 5.95 Å². The fourth-order valence-corrected chi connectivity index (χ4v) is 1.72. The van der Waals surface area contributed by atoms with Gasteiger partial charge in [0.1, 0.15) is 0 Å². The monoisotopic (exact) mass is 257 g/mol. The number of anilines is 2. The molecule has 0 spiro atoms. The van der Waals surface area contributed by atoms with Crippen molar-refractivity contribution in [2.45, 2.75) is 13.8 Å². The molecule has 1 aromatic carbocycles. The quantitative estimate of drug-likeness (QED) is 0.853. The van der Waals surface area contributed by atoms with Crippen molar-refractivity contribution in [2.75, 3.05) is 24.2 Å². The zero-order chi connectivity index (χ0) is 13.8. The molecule has 19 heavy (non-hydrogen) atoms. The first-order chi connectivity index (χ1) is 9.10. The van der Waals surface area contributed by atoms with Gasteiger partial charge in [-0.3, -0.25) is 0 Å². The number of nitrogens with two attached hydrogens (primary N) is 1. The Morgan fingerprint density at radius 3 is 2.58 bits per heavy atom. The maximum atomic E-state index is 5.72. The molecule has 0 unspecified atom stereocenters. The van der Waals surface area contributed by atoms with Crippen LogP contribution < -0.4 is 10.6 Å². The normalized spacial score (nSPS) is 11.1. The summed E-state index contributed by atoms with van der Waals surface area (Å²) in [5.74, 6) is 0.399. The van der Waals surface area contributed by atoms with E-state index in [-0.39, 0.29) is 0 Å². The van der Waals surface area contributed by atoms with Crippen LogP contribution in [0, 0.1) is 6.92 Å². The van der Waals surface area contributed by atoms with E-state index in [1.54, 1.807) is 17.1 Å². The van der Waals surface area contributed by atoms with Crippen LogP contribution in [-0.4, -0.2) is 29.5 Å². The molecular formula is C14H19N5. The predicted octanol–water partition coefficient (Wildman–Crippen LogP) is 2.11. The molecule has 1 heterocycles. The molecule has 2 aromatic rings. The molecule has 0 fully saturated rings. The Kier molecular flexibility index (Phi) is 3.85. The number of nitrogens with zero attached hydrogens (tertiary/aromatic N) is 4. The van der Waals surface area contributed by atoms with Gasteiger partial charge in [-0.05, 0) is 31.5 Å². The first-order valence-electron chi connectivity index (χ1n) is 6.27. The second kappa shape index (κ2) is 5.56. The van der Waals surface area contributed by atoms with Crippen molar-refractivity contribution in [3.63, 3.8) is 0 Å².